The second-order valence-electron chi connectivity index (χ2n) is 4.44. The number of H-pyrrole nitrogens is 1. The standard InChI is InChI=1S/C14H14N6/c1-10-9-20(14(15)19-10)18-6-11-3-2-4-12(5-11)13-7-16-17-8-13/h2-9H,1H3,(H2,15,19)(H,16,17). The second kappa shape index (κ2) is 5.00. The molecule has 6 nitrogen and oxygen atoms in total. The lowest BCUT2D eigenvalue weighted by Gasteiger charge is -1.99. The molecule has 0 aliphatic carbocycles. The molecule has 6 heteroatoms. The van der Waals surface area contributed by atoms with Gasteiger partial charge in [-0.3, -0.25) is 5.10 Å². The first-order valence-corrected chi connectivity index (χ1v) is 6.17. The molecule has 2 aromatic heterocycles. The van der Waals surface area contributed by atoms with Crippen molar-refractivity contribution in [3.8, 4) is 11.1 Å². The highest BCUT2D eigenvalue weighted by Gasteiger charge is 2.00. The summed E-state index contributed by atoms with van der Waals surface area (Å²) in [6.45, 7) is 1.88. The van der Waals surface area contributed by atoms with Crippen LogP contribution in [0.4, 0.5) is 5.95 Å². The van der Waals surface area contributed by atoms with Crippen LogP contribution in [0.3, 0.4) is 0 Å². The number of imidazole rings is 1. The number of nitrogen functional groups attached to an aromatic ring is 1. The van der Waals surface area contributed by atoms with Gasteiger partial charge >= 0.3 is 0 Å². The summed E-state index contributed by atoms with van der Waals surface area (Å²) in [7, 11) is 0. The molecule has 0 saturated carbocycles. The molecule has 0 aliphatic heterocycles. The van der Waals surface area contributed by atoms with Gasteiger partial charge in [0.05, 0.1) is 24.3 Å². The summed E-state index contributed by atoms with van der Waals surface area (Å²) < 4.78 is 1.56. The van der Waals surface area contributed by atoms with Gasteiger partial charge in [0.1, 0.15) is 0 Å². The van der Waals surface area contributed by atoms with Crippen LogP contribution in [-0.2, 0) is 0 Å². The lowest BCUT2D eigenvalue weighted by atomic mass is 10.1. The normalized spacial score (nSPS) is 11.2. The van der Waals surface area contributed by atoms with Gasteiger partial charge in [0.15, 0.2) is 0 Å². The Morgan fingerprint density at radius 1 is 1.35 bits per heavy atom. The quantitative estimate of drug-likeness (QED) is 0.711. The number of anilines is 1. The fourth-order valence-corrected chi connectivity index (χ4v) is 1.93. The predicted molar refractivity (Wildman–Crippen MR) is 78.4 cm³/mol. The number of nitrogens with two attached hydrogens (primary N) is 1. The third-order valence-electron chi connectivity index (χ3n) is 2.88. The topological polar surface area (TPSA) is 84.9 Å². The molecule has 2 heterocycles. The van der Waals surface area contributed by atoms with E-state index in [-0.39, 0.29) is 0 Å². The van der Waals surface area contributed by atoms with Crippen LogP contribution in [-0.4, -0.2) is 26.1 Å². The molecular formula is C14H14N6. The fraction of sp³-hybridized carbons (Fsp3) is 0.0714. The van der Waals surface area contributed by atoms with Gasteiger partial charge in [-0.2, -0.15) is 10.2 Å². The molecule has 0 aliphatic rings. The summed E-state index contributed by atoms with van der Waals surface area (Å²) in [6.07, 6.45) is 7.17. The first-order valence-electron chi connectivity index (χ1n) is 6.17. The average molecular weight is 266 g/mol. The van der Waals surface area contributed by atoms with Crippen molar-refractivity contribution in [1.29, 1.82) is 0 Å². The van der Waals surface area contributed by atoms with Gasteiger partial charge in [-0.1, -0.05) is 18.2 Å². The van der Waals surface area contributed by atoms with Crippen LogP contribution in [0.1, 0.15) is 11.3 Å². The summed E-state index contributed by atoms with van der Waals surface area (Å²) in [5.74, 6) is 0.379. The van der Waals surface area contributed by atoms with E-state index in [9.17, 15) is 0 Å². The highest BCUT2D eigenvalue weighted by Crippen LogP contribution is 2.18. The Kier molecular flexibility index (Phi) is 3.04. The molecule has 0 amide bonds. The zero-order chi connectivity index (χ0) is 13.9. The molecule has 20 heavy (non-hydrogen) atoms. The van der Waals surface area contributed by atoms with Crippen molar-refractivity contribution in [3.05, 3.63) is 54.1 Å². The van der Waals surface area contributed by atoms with Gasteiger partial charge < -0.3 is 5.73 Å². The van der Waals surface area contributed by atoms with Crippen molar-refractivity contribution in [3.63, 3.8) is 0 Å². The van der Waals surface area contributed by atoms with E-state index in [1.807, 2.05) is 37.4 Å². The van der Waals surface area contributed by atoms with Crippen LogP contribution in [0.5, 0.6) is 0 Å². The summed E-state index contributed by atoms with van der Waals surface area (Å²) in [5.41, 5.74) is 9.68. The highest BCUT2D eigenvalue weighted by molar-refractivity contribution is 5.82. The van der Waals surface area contributed by atoms with Crippen molar-refractivity contribution in [2.45, 2.75) is 6.92 Å². The number of aromatic nitrogens is 4. The molecule has 0 bridgehead atoms. The van der Waals surface area contributed by atoms with E-state index in [0.717, 1.165) is 22.4 Å². The third-order valence-corrected chi connectivity index (χ3v) is 2.88. The van der Waals surface area contributed by atoms with Crippen LogP contribution in [0.25, 0.3) is 11.1 Å². The molecule has 0 radical (unpaired) electrons. The molecule has 100 valence electrons. The Hall–Kier alpha value is -2.89. The van der Waals surface area contributed by atoms with Crippen LogP contribution >= 0.6 is 0 Å². The van der Waals surface area contributed by atoms with Crippen molar-refractivity contribution in [1.82, 2.24) is 19.9 Å². The zero-order valence-corrected chi connectivity index (χ0v) is 11.0. The molecule has 0 unspecified atom stereocenters. The smallest absolute Gasteiger partial charge is 0.221 e. The van der Waals surface area contributed by atoms with Crippen molar-refractivity contribution in [2.75, 3.05) is 5.73 Å². The zero-order valence-electron chi connectivity index (χ0n) is 11.0. The Bertz CT molecular complexity index is 739. The van der Waals surface area contributed by atoms with Crippen LogP contribution in [0.2, 0.25) is 0 Å². The number of rotatable bonds is 3. The van der Waals surface area contributed by atoms with Crippen LogP contribution in [0, 0.1) is 6.92 Å². The summed E-state index contributed by atoms with van der Waals surface area (Å²) in [6, 6.07) is 8.02. The van der Waals surface area contributed by atoms with E-state index >= 15 is 0 Å². The van der Waals surface area contributed by atoms with E-state index in [1.54, 1.807) is 23.3 Å². The second-order valence-corrected chi connectivity index (χ2v) is 4.44. The number of hydrogen-bond donors (Lipinski definition) is 2. The molecule has 0 spiro atoms. The maximum Gasteiger partial charge on any atom is 0.221 e. The SMILES string of the molecule is Cc1cn(N=Cc2cccc(-c3cn[nH]c3)c2)c(N)n1. The van der Waals surface area contributed by atoms with Gasteiger partial charge in [-0.15, -0.1) is 0 Å². The van der Waals surface area contributed by atoms with Gasteiger partial charge in [0, 0.05) is 11.8 Å². The summed E-state index contributed by atoms with van der Waals surface area (Å²) in [4.78, 5) is 4.10. The van der Waals surface area contributed by atoms with E-state index < -0.39 is 0 Å². The number of hydrogen-bond acceptors (Lipinski definition) is 4. The van der Waals surface area contributed by atoms with Crippen molar-refractivity contribution in [2.24, 2.45) is 5.10 Å². The Balaban J connectivity index is 1.88. The van der Waals surface area contributed by atoms with E-state index in [4.69, 9.17) is 5.73 Å². The molecule has 1 aromatic carbocycles. The van der Waals surface area contributed by atoms with Crippen LogP contribution < -0.4 is 5.73 Å². The van der Waals surface area contributed by atoms with Gasteiger partial charge in [-0.25, -0.2) is 9.66 Å². The molecule has 0 fully saturated rings. The summed E-state index contributed by atoms with van der Waals surface area (Å²) in [5, 5.41) is 11.1. The first-order chi connectivity index (χ1) is 9.72. The van der Waals surface area contributed by atoms with Gasteiger partial charge in [-0.05, 0) is 24.1 Å². The Morgan fingerprint density at radius 2 is 2.25 bits per heavy atom. The number of nitrogens with zero attached hydrogens (tertiary/aromatic N) is 4. The third kappa shape index (κ3) is 2.44. The predicted octanol–water partition coefficient (Wildman–Crippen LogP) is 2.05. The molecule has 0 saturated heterocycles. The molecular weight excluding hydrogens is 252 g/mol. The Labute approximate surface area is 116 Å². The lowest BCUT2D eigenvalue weighted by Crippen LogP contribution is -1.97. The number of aromatic amines is 1. The van der Waals surface area contributed by atoms with Crippen LogP contribution in [0.15, 0.2) is 48.0 Å². The van der Waals surface area contributed by atoms with Crippen molar-refractivity contribution >= 4 is 12.2 Å². The number of aryl methyl sites for hydroxylation is 1. The number of nitrogens with one attached hydrogen (secondary N) is 1. The minimum absolute atomic E-state index is 0.379. The Morgan fingerprint density at radius 3 is 2.95 bits per heavy atom. The summed E-state index contributed by atoms with van der Waals surface area (Å²) >= 11 is 0. The minimum atomic E-state index is 0.379. The van der Waals surface area contributed by atoms with Crippen molar-refractivity contribution < 1.29 is 0 Å². The van der Waals surface area contributed by atoms with Gasteiger partial charge in [0.25, 0.3) is 0 Å². The largest absolute Gasteiger partial charge is 0.368 e. The molecule has 0 atom stereocenters. The van der Waals surface area contributed by atoms with Gasteiger partial charge in [0.2, 0.25) is 5.95 Å². The minimum Gasteiger partial charge on any atom is -0.368 e. The monoisotopic (exact) mass is 266 g/mol. The highest BCUT2D eigenvalue weighted by atomic mass is 15.4. The maximum atomic E-state index is 5.74. The molecule has 3 aromatic rings. The first kappa shape index (κ1) is 12.2. The van der Waals surface area contributed by atoms with E-state index in [1.165, 1.54) is 0 Å². The van der Waals surface area contributed by atoms with E-state index in [0.29, 0.717) is 5.95 Å². The lowest BCUT2D eigenvalue weighted by molar-refractivity contribution is 0.897. The number of benzene rings is 1. The molecule has 3 N–H and O–H groups in total. The van der Waals surface area contributed by atoms with E-state index in [2.05, 4.69) is 20.3 Å². The molecule has 3 rings (SSSR count). The fourth-order valence-electron chi connectivity index (χ4n) is 1.93. The average Bonchev–Trinajstić information content (AvgIpc) is 3.07. The maximum absolute atomic E-state index is 5.74.